The lowest BCUT2D eigenvalue weighted by Crippen LogP contribution is -2.64. The Morgan fingerprint density at radius 3 is 2.32 bits per heavy atom. The summed E-state index contributed by atoms with van der Waals surface area (Å²) in [7, 11) is 34.2. The van der Waals surface area contributed by atoms with Crippen LogP contribution in [0.15, 0.2) is 41.4 Å². The number of halogens is 1. The van der Waals surface area contributed by atoms with Crippen LogP contribution in [0.2, 0.25) is 5.02 Å². The maximum absolute atomic E-state index is 13.0. The zero-order valence-electron chi connectivity index (χ0n) is 25.4. The van der Waals surface area contributed by atoms with Crippen molar-refractivity contribution < 1.29 is 13.2 Å². The van der Waals surface area contributed by atoms with Gasteiger partial charge in [0.15, 0.2) is 15.7 Å². The molecule has 2 aromatic carbocycles. The van der Waals surface area contributed by atoms with Crippen molar-refractivity contribution in [1.29, 1.82) is 0 Å². The van der Waals surface area contributed by atoms with Crippen LogP contribution >= 0.6 is 11.6 Å². The van der Waals surface area contributed by atoms with Gasteiger partial charge in [0.2, 0.25) is 5.95 Å². The van der Waals surface area contributed by atoms with Crippen LogP contribution in [0.25, 0.3) is 0 Å². The summed E-state index contributed by atoms with van der Waals surface area (Å²) in [6.07, 6.45) is 2.03. The Kier molecular flexibility index (Phi) is 9.66. The van der Waals surface area contributed by atoms with Crippen molar-refractivity contribution >= 4 is 97.1 Å². The minimum atomic E-state index is -3.61. The zero-order chi connectivity index (χ0) is 32.8. The molecule has 216 valence electrons. The molecule has 0 aliphatic carbocycles. The molecule has 0 amide bonds. The third-order valence-corrected chi connectivity index (χ3v) is 9.62. The molecule has 2 heterocycles. The number of nitrogens with one attached hydrogen (secondary N) is 3. The Morgan fingerprint density at radius 1 is 1.11 bits per heavy atom. The zero-order valence-corrected chi connectivity index (χ0v) is 27.0. The molecular formula is C28H30B6ClN5O3S. The van der Waals surface area contributed by atoms with Gasteiger partial charge in [-0.3, -0.25) is 0 Å². The van der Waals surface area contributed by atoms with E-state index in [1.54, 1.807) is 52.0 Å². The molecule has 1 saturated heterocycles. The van der Waals surface area contributed by atoms with Crippen LogP contribution in [-0.4, -0.2) is 86.9 Å². The number of rotatable bonds is 9. The van der Waals surface area contributed by atoms with Crippen molar-refractivity contribution in [3.8, 4) is 5.75 Å². The van der Waals surface area contributed by atoms with Gasteiger partial charge in [-0.2, -0.15) is 4.98 Å². The lowest BCUT2D eigenvalue weighted by atomic mass is 9.46. The van der Waals surface area contributed by atoms with Gasteiger partial charge in [0.05, 0.1) is 64.6 Å². The molecule has 0 unspecified atom stereocenters. The van der Waals surface area contributed by atoms with E-state index in [0.29, 0.717) is 41.0 Å². The molecule has 16 heteroatoms. The first-order valence-corrected chi connectivity index (χ1v) is 15.9. The molecule has 0 bridgehead atoms. The number of ether oxygens (including phenoxy) is 1. The van der Waals surface area contributed by atoms with E-state index < -0.39 is 31.3 Å². The predicted octanol–water partition coefficient (Wildman–Crippen LogP) is 2.63. The second-order valence-electron chi connectivity index (χ2n) is 12.1. The fourth-order valence-corrected chi connectivity index (χ4v) is 6.52. The highest BCUT2D eigenvalue weighted by Gasteiger charge is 2.38. The summed E-state index contributed by atoms with van der Waals surface area (Å²) in [5.41, 5.74) is 1.41. The molecule has 44 heavy (non-hydrogen) atoms. The maximum Gasteiger partial charge on any atom is 0.229 e. The normalized spacial score (nSPS) is 16.9. The van der Waals surface area contributed by atoms with Crippen LogP contribution in [0, 0.1) is 6.92 Å². The van der Waals surface area contributed by atoms with Gasteiger partial charge < -0.3 is 20.7 Å². The summed E-state index contributed by atoms with van der Waals surface area (Å²) in [4.78, 5) is 8.93. The maximum atomic E-state index is 13.0. The van der Waals surface area contributed by atoms with E-state index in [1.165, 1.54) is 12.3 Å². The van der Waals surface area contributed by atoms with E-state index >= 15 is 0 Å². The van der Waals surface area contributed by atoms with Gasteiger partial charge in [0.1, 0.15) is 26.5 Å². The highest BCUT2D eigenvalue weighted by Crippen LogP contribution is 2.41. The molecule has 8 nitrogen and oxygen atoms in total. The molecule has 1 aromatic heterocycles. The van der Waals surface area contributed by atoms with Crippen molar-refractivity contribution in [3.63, 3.8) is 0 Å². The molecule has 1 aliphatic heterocycles. The highest BCUT2D eigenvalue weighted by molar-refractivity contribution is 7.92. The van der Waals surface area contributed by atoms with Gasteiger partial charge in [0, 0.05) is 0 Å². The fourth-order valence-electron chi connectivity index (χ4n) is 5.18. The Balaban J connectivity index is 1.75. The molecule has 0 atom stereocenters. The van der Waals surface area contributed by atoms with Gasteiger partial charge in [0.25, 0.3) is 0 Å². The van der Waals surface area contributed by atoms with Crippen LogP contribution in [0.4, 0.5) is 23.1 Å². The predicted molar refractivity (Wildman–Crippen MR) is 183 cm³/mol. The highest BCUT2D eigenvalue weighted by atomic mass is 35.5. The number of sulfone groups is 1. The SMILES string of the molecule is [B]c1c(C)c(C2CC([B])([B])NC([B])([B])C2)cc(OC([B])(C)C)c1Nc1ncc(Cl)c(Nc2ccccc2S(=O)(=O)C(C)C)n1. The number of anilines is 4. The Labute approximate surface area is 273 Å². The number of benzene rings is 2. The lowest BCUT2D eigenvalue weighted by Gasteiger charge is -2.49. The Hall–Kier alpha value is -2.49. The monoisotopic (exact) mass is 617 g/mol. The van der Waals surface area contributed by atoms with Gasteiger partial charge in [-0.05, 0) is 77.1 Å². The van der Waals surface area contributed by atoms with E-state index in [0.717, 1.165) is 5.56 Å². The number of nitrogens with zero attached hydrogens (tertiary/aromatic N) is 2. The smallest absolute Gasteiger partial charge is 0.229 e. The molecule has 3 aromatic rings. The van der Waals surface area contributed by atoms with Crippen molar-refractivity contribution in [2.24, 2.45) is 0 Å². The van der Waals surface area contributed by atoms with Crippen LogP contribution in [-0.2, 0) is 9.84 Å². The van der Waals surface area contributed by atoms with Crippen LogP contribution in [0.3, 0.4) is 0 Å². The molecule has 12 radical (unpaired) electrons. The molecule has 3 N–H and O–H groups in total. The largest absolute Gasteiger partial charge is 0.496 e. The van der Waals surface area contributed by atoms with Crippen molar-refractivity contribution in [1.82, 2.24) is 15.3 Å². The minimum Gasteiger partial charge on any atom is -0.496 e. The number of hydrogen-bond donors (Lipinski definition) is 3. The standard InChI is InChI=1S/C28H30B6ClN5O3S/c1-14(2)44(41,42)21-9-7-6-8-19(21)37-24-18(35)13-36-25(39-24)38-23-20(43-26(4,5)30)10-17(15(3)22(23)29)16-11-27(31,32)40-28(33,34)12-16/h6-10,13-14,16,40H,11-12H2,1-5H3,(H2,36,37,38,39). The molecule has 4 rings (SSSR count). The van der Waals surface area contributed by atoms with Gasteiger partial charge in [-0.25, -0.2) is 13.4 Å². The first kappa shape index (κ1) is 34.4. The summed E-state index contributed by atoms with van der Waals surface area (Å²) in [5.74, 6) is 0.330. The second kappa shape index (κ2) is 12.4. The molecule has 1 aliphatic rings. The summed E-state index contributed by atoms with van der Waals surface area (Å²) in [6.45, 7) is 8.45. The average Bonchev–Trinajstić information content (AvgIpc) is 2.87. The summed E-state index contributed by atoms with van der Waals surface area (Å²) in [6, 6.07) is 8.31. The number of piperidine rings is 1. The second-order valence-corrected chi connectivity index (χ2v) is 15.0. The van der Waals surface area contributed by atoms with Crippen molar-refractivity contribution in [2.45, 2.75) is 79.7 Å². The Bertz CT molecular complexity index is 1650. The van der Waals surface area contributed by atoms with Crippen LogP contribution < -0.4 is 26.2 Å². The van der Waals surface area contributed by atoms with Gasteiger partial charge >= 0.3 is 0 Å². The summed E-state index contributed by atoms with van der Waals surface area (Å²) < 4.78 is 32.1. The Morgan fingerprint density at radius 2 is 1.73 bits per heavy atom. The number of aromatic nitrogens is 2. The van der Waals surface area contributed by atoms with Gasteiger partial charge in [-0.15, -0.1) is 0 Å². The van der Waals surface area contributed by atoms with E-state index in [2.05, 4.69) is 25.9 Å². The number of para-hydroxylation sites is 1. The van der Waals surface area contributed by atoms with Crippen LogP contribution in [0.1, 0.15) is 57.6 Å². The summed E-state index contributed by atoms with van der Waals surface area (Å²) >= 11 is 6.43. The van der Waals surface area contributed by atoms with Crippen molar-refractivity contribution in [2.75, 3.05) is 10.6 Å². The van der Waals surface area contributed by atoms with E-state index in [4.69, 9.17) is 63.4 Å². The van der Waals surface area contributed by atoms with E-state index in [-0.39, 0.29) is 27.6 Å². The molecule has 1 fully saturated rings. The average molecular weight is 617 g/mol. The fraction of sp³-hybridized carbons (Fsp3) is 0.429. The first-order chi connectivity index (χ1) is 20.2. The molecular weight excluding hydrogens is 587 g/mol. The third-order valence-electron chi connectivity index (χ3n) is 7.13. The molecule has 0 saturated carbocycles. The molecule has 0 spiro atoms. The lowest BCUT2D eigenvalue weighted by molar-refractivity contribution is 0.199. The quantitative estimate of drug-likeness (QED) is 0.315. The van der Waals surface area contributed by atoms with E-state index in [9.17, 15) is 8.42 Å². The topological polar surface area (TPSA) is 105 Å². The van der Waals surface area contributed by atoms with E-state index in [1.807, 2.05) is 6.92 Å². The van der Waals surface area contributed by atoms with Crippen molar-refractivity contribution in [3.05, 3.63) is 52.7 Å². The summed E-state index contributed by atoms with van der Waals surface area (Å²) in [5, 5.41) is 5.92. The number of hydrogen-bond acceptors (Lipinski definition) is 8. The third kappa shape index (κ3) is 7.83. The minimum absolute atomic E-state index is 0.104. The van der Waals surface area contributed by atoms with Crippen LogP contribution in [0.5, 0.6) is 5.75 Å². The first-order valence-electron chi connectivity index (χ1n) is 13.9. The van der Waals surface area contributed by atoms with Gasteiger partial charge in [-0.1, -0.05) is 45.4 Å².